The quantitative estimate of drug-likeness (QED) is 0.178. The van der Waals surface area contributed by atoms with Gasteiger partial charge in [0.1, 0.15) is 16.7 Å². The summed E-state index contributed by atoms with van der Waals surface area (Å²) in [6.45, 7) is 4.76. The zero-order valence-corrected chi connectivity index (χ0v) is 33.8. The predicted molar refractivity (Wildman–Crippen MR) is 251 cm³/mol. The van der Waals surface area contributed by atoms with Crippen LogP contribution in [0.3, 0.4) is 0 Å². The van der Waals surface area contributed by atoms with Crippen molar-refractivity contribution >= 4 is 60.9 Å². The van der Waals surface area contributed by atoms with Crippen molar-refractivity contribution in [3.8, 4) is 22.3 Å². The predicted octanol–water partition coefficient (Wildman–Crippen LogP) is 15.6. The Kier molecular flexibility index (Phi) is 6.99. The average molecular weight is 782 g/mol. The summed E-state index contributed by atoms with van der Waals surface area (Å²) < 4.78 is 13.1. The fourth-order valence-electron chi connectivity index (χ4n) is 11.0. The lowest BCUT2D eigenvalue weighted by molar-refractivity contribution is 0.563. The van der Waals surface area contributed by atoms with Crippen LogP contribution in [0, 0.1) is 0 Å². The lowest BCUT2D eigenvalue weighted by Crippen LogP contribution is -2.40. The Morgan fingerprint density at radius 1 is 0.361 bits per heavy atom. The van der Waals surface area contributed by atoms with Crippen molar-refractivity contribution in [3.05, 3.63) is 234 Å². The van der Waals surface area contributed by atoms with Gasteiger partial charge in [-0.05, 0) is 104 Å². The van der Waals surface area contributed by atoms with E-state index >= 15 is 0 Å². The van der Waals surface area contributed by atoms with E-state index in [2.05, 4.69) is 195 Å². The Hall–Kier alpha value is -7.62. The maximum Gasteiger partial charge on any atom is 0.159 e. The van der Waals surface area contributed by atoms with E-state index < -0.39 is 5.41 Å². The highest BCUT2D eigenvalue weighted by Crippen LogP contribution is 2.62. The summed E-state index contributed by atoms with van der Waals surface area (Å²) in [5.74, 6) is 0. The smallest absolute Gasteiger partial charge is 0.159 e. The van der Waals surface area contributed by atoms with E-state index in [1.54, 1.807) is 0 Å². The van der Waals surface area contributed by atoms with Crippen LogP contribution in [0.4, 0.5) is 17.1 Å². The van der Waals surface area contributed by atoms with Gasteiger partial charge in [0.25, 0.3) is 0 Å². The Morgan fingerprint density at radius 2 is 0.902 bits per heavy atom. The number of rotatable bonds is 4. The van der Waals surface area contributed by atoms with Gasteiger partial charge in [-0.3, -0.25) is 0 Å². The molecular weight excluding hydrogens is 743 g/mol. The van der Waals surface area contributed by atoms with Crippen LogP contribution in [-0.4, -0.2) is 0 Å². The van der Waals surface area contributed by atoms with E-state index in [0.29, 0.717) is 0 Å². The summed E-state index contributed by atoms with van der Waals surface area (Å²) in [6, 6.07) is 73.0. The Morgan fingerprint density at radius 3 is 1.64 bits per heavy atom. The molecule has 0 bridgehead atoms. The monoisotopic (exact) mass is 781 g/mol. The third-order valence-electron chi connectivity index (χ3n) is 13.8. The molecule has 0 radical (unpaired) electrons. The molecule has 2 aromatic heterocycles. The maximum atomic E-state index is 6.66. The molecule has 0 aliphatic heterocycles. The topological polar surface area (TPSA) is 29.5 Å². The number of furan rings is 2. The van der Waals surface area contributed by atoms with Crippen molar-refractivity contribution in [2.24, 2.45) is 0 Å². The molecule has 0 amide bonds. The SMILES string of the molecule is CC1(C)c2ccccc2C2(c3ccccc3-c3ccc(-c4ccc(N(c5ccc6c(c5)oc5ccccc56)c5cccc6c5oc5ccccc56)cc4)cc32)c2ccccc21. The van der Waals surface area contributed by atoms with Crippen molar-refractivity contribution in [1.82, 2.24) is 0 Å². The molecule has 61 heavy (non-hydrogen) atoms. The first-order chi connectivity index (χ1) is 30.0. The third-order valence-corrected chi connectivity index (χ3v) is 13.8. The molecule has 3 heteroatoms. The molecule has 0 unspecified atom stereocenters. The van der Waals surface area contributed by atoms with Crippen LogP contribution in [0.2, 0.25) is 0 Å². The van der Waals surface area contributed by atoms with E-state index in [1.165, 1.54) is 50.1 Å². The normalized spacial score (nSPS) is 14.3. The minimum atomic E-state index is -0.443. The Labute approximate surface area is 353 Å². The number of para-hydroxylation sites is 3. The zero-order valence-electron chi connectivity index (χ0n) is 33.8. The van der Waals surface area contributed by atoms with Gasteiger partial charge in [-0.2, -0.15) is 0 Å². The van der Waals surface area contributed by atoms with Gasteiger partial charge in [0.15, 0.2) is 5.58 Å². The molecule has 288 valence electrons. The molecule has 13 rings (SSSR count). The third kappa shape index (κ3) is 4.63. The van der Waals surface area contributed by atoms with Crippen LogP contribution in [0.5, 0.6) is 0 Å². The maximum absolute atomic E-state index is 6.66. The van der Waals surface area contributed by atoms with E-state index in [9.17, 15) is 0 Å². The zero-order chi connectivity index (χ0) is 40.5. The largest absolute Gasteiger partial charge is 0.456 e. The van der Waals surface area contributed by atoms with Crippen LogP contribution in [0.1, 0.15) is 47.2 Å². The van der Waals surface area contributed by atoms with Gasteiger partial charge in [0.05, 0.1) is 16.8 Å². The first kappa shape index (κ1) is 34.3. The van der Waals surface area contributed by atoms with Crippen molar-refractivity contribution in [3.63, 3.8) is 0 Å². The highest BCUT2D eigenvalue weighted by atomic mass is 16.3. The first-order valence-corrected chi connectivity index (χ1v) is 21.2. The molecule has 0 saturated carbocycles. The fraction of sp³-hybridized carbons (Fsp3) is 0.0690. The molecule has 0 fully saturated rings. The van der Waals surface area contributed by atoms with Gasteiger partial charge < -0.3 is 13.7 Å². The van der Waals surface area contributed by atoms with Gasteiger partial charge in [-0.25, -0.2) is 0 Å². The van der Waals surface area contributed by atoms with Crippen molar-refractivity contribution in [1.29, 1.82) is 0 Å². The molecule has 2 aliphatic rings. The Bertz CT molecular complexity index is 3530. The summed E-state index contributed by atoms with van der Waals surface area (Å²) in [6.07, 6.45) is 0. The average Bonchev–Trinajstić information content (AvgIpc) is 3.97. The molecule has 0 N–H and O–H groups in total. The molecule has 2 aliphatic carbocycles. The molecule has 1 spiro atoms. The van der Waals surface area contributed by atoms with Crippen LogP contribution in [0.25, 0.3) is 66.1 Å². The van der Waals surface area contributed by atoms with Crippen molar-refractivity contribution < 1.29 is 8.83 Å². The minimum Gasteiger partial charge on any atom is -0.456 e. The van der Waals surface area contributed by atoms with Crippen LogP contribution in [0.15, 0.2) is 209 Å². The highest BCUT2D eigenvalue weighted by Gasteiger charge is 2.53. The second kappa shape index (κ2) is 12.5. The lowest BCUT2D eigenvalue weighted by atomic mass is 9.55. The molecule has 9 aromatic carbocycles. The molecular formula is C58H39NO2. The van der Waals surface area contributed by atoms with E-state index in [1.807, 2.05) is 24.3 Å². The second-order valence-electron chi connectivity index (χ2n) is 17.2. The summed E-state index contributed by atoms with van der Waals surface area (Å²) >= 11 is 0. The lowest BCUT2D eigenvalue weighted by Gasteiger charge is -2.46. The van der Waals surface area contributed by atoms with E-state index in [0.717, 1.165) is 66.5 Å². The Balaban J connectivity index is 0.989. The van der Waals surface area contributed by atoms with Crippen LogP contribution < -0.4 is 4.90 Å². The summed E-state index contributed by atoms with van der Waals surface area (Å²) in [5, 5.41) is 4.40. The highest BCUT2D eigenvalue weighted by molar-refractivity contribution is 6.11. The van der Waals surface area contributed by atoms with Crippen LogP contribution in [-0.2, 0) is 10.8 Å². The molecule has 0 atom stereocenters. The first-order valence-electron chi connectivity index (χ1n) is 21.2. The molecule has 0 saturated heterocycles. The van der Waals surface area contributed by atoms with Gasteiger partial charge in [0, 0.05) is 38.7 Å². The summed E-state index contributed by atoms with van der Waals surface area (Å²) in [5.41, 5.74) is 19.0. The standard InChI is InChI=1S/C58H39NO2/c1-57(2)47-19-7-9-21-49(47)58(50-22-10-8-20-48(50)57)46-18-6-3-14-40(46)41-32-28-37(34-51(41)58)36-26-29-38(30-27-36)59(39-31-33-44-42-15-4-11-24-53(42)60-55(44)35-39)52-23-13-17-45-43-16-5-12-25-54(43)61-56(45)52/h3-35H,1-2H3. The molecule has 3 nitrogen and oxygen atoms in total. The molecule has 11 aromatic rings. The van der Waals surface area contributed by atoms with Gasteiger partial charge in [-0.15, -0.1) is 0 Å². The second-order valence-corrected chi connectivity index (χ2v) is 17.2. The van der Waals surface area contributed by atoms with E-state index in [-0.39, 0.29) is 5.41 Å². The van der Waals surface area contributed by atoms with Gasteiger partial charge >= 0.3 is 0 Å². The van der Waals surface area contributed by atoms with Gasteiger partial charge in [0.2, 0.25) is 0 Å². The van der Waals surface area contributed by atoms with Crippen molar-refractivity contribution in [2.75, 3.05) is 4.90 Å². The van der Waals surface area contributed by atoms with Crippen LogP contribution >= 0.6 is 0 Å². The minimum absolute atomic E-state index is 0.142. The van der Waals surface area contributed by atoms with E-state index in [4.69, 9.17) is 8.83 Å². The number of benzene rings is 9. The number of hydrogen-bond acceptors (Lipinski definition) is 3. The number of hydrogen-bond donors (Lipinski definition) is 0. The number of anilines is 3. The van der Waals surface area contributed by atoms with Crippen molar-refractivity contribution in [2.45, 2.75) is 24.7 Å². The number of fused-ring (bicyclic) bond motifs is 15. The summed E-state index contributed by atoms with van der Waals surface area (Å²) in [7, 11) is 0. The molecule has 2 heterocycles. The number of nitrogens with zero attached hydrogens (tertiary/aromatic N) is 1. The fourth-order valence-corrected chi connectivity index (χ4v) is 11.0. The summed E-state index contributed by atoms with van der Waals surface area (Å²) in [4.78, 5) is 2.30. The van der Waals surface area contributed by atoms with Gasteiger partial charge in [-0.1, -0.05) is 159 Å².